The third kappa shape index (κ3) is 4.65. The predicted octanol–water partition coefficient (Wildman–Crippen LogP) is 4.14. The minimum absolute atomic E-state index is 0.0496. The van der Waals surface area contributed by atoms with Crippen molar-refractivity contribution in [1.29, 1.82) is 0 Å². The van der Waals surface area contributed by atoms with Gasteiger partial charge in [-0.25, -0.2) is 13.1 Å². The highest BCUT2D eigenvalue weighted by atomic mass is 35.5. The highest BCUT2D eigenvalue weighted by molar-refractivity contribution is 7.89. The number of hydrogen-bond donors (Lipinski definition) is 1. The molecule has 0 atom stereocenters. The summed E-state index contributed by atoms with van der Waals surface area (Å²) in [5, 5.41) is 0.653. The lowest BCUT2D eigenvalue weighted by Crippen LogP contribution is -2.36. The van der Waals surface area contributed by atoms with Gasteiger partial charge in [-0.2, -0.15) is 0 Å². The van der Waals surface area contributed by atoms with Crippen LogP contribution in [0.4, 0.5) is 5.69 Å². The van der Waals surface area contributed by atoms with Gasteiger partial charge < -0.3 is 4.90 Å². The molecule has 1 amide bonds. The topological polar surface area (TPSA) is 66.5 Å². The van der Waals surface area contributed by atoms with Gasteiger partial charge in [0.25, 0.3) is 0 Å². The van der Waals surface area contributed by atoms with Crippen molar-refractivity contribution >= 4 is 33.2 Å². The van der Waals surface area contributed by atoms with Crippen molar-refractivity contribution in [1.82, 2.24) is 4.72 Å². The minimum Gasteiger partial charge on any atom is -0.311 e. The number of nitrogens with one attached hydrogen (secondary N) is 1. The maximum absolute atomic E-state index is 12.8. The summed E-state index contributed by atoms with van der Waals surface area (Å²) in [6.07, 6.45) is 0.573. The summed E-state index contributed by atoms with van der Waals surface area (Å²) in [5.41, 5.74) is 2.38. The number of anilines is 1. The fourth-order valence-electron chi connectivity index (χ4n) is 3.60. The quantitative estimate of drug-likeness (QED) is 0.742. The summed E-state index contributed by atoms with van der Waals surface area (Å²) in [6, 6.07) is 12.4. The lowest BCUT2D eigenvalue weighted by molar-refractivity contribution is -0.121. The molecule has 0 unspecified atom stereocenters. The van der Waals surface area contributed by atoms with E-state index in [0.29, 0.717) is 24.5 Å². The van der Waals surface area contributed by atoms with Gasteiger partial charge in [0.1, 0.15) is 0 Å². The van der Waals surface area contributed by atoms with Gasteiger partial charge in [0, 0.05) is 35.1 Å². The minimum atomic E-state index is -3.64. The molecule has 1 aliphatic heterocycles. The second-order valence-corrected chi connectivity index (χ2v) is 10.6. The van der Waals surface area contributed by atoms with Crippen LogP contribution in [0.1, 0.15) is 38.8 Å². The lowest BCUT2D eigenvalue weighted by atomic mass is 9.87. The van der Waals surface area contributed by atoms with Gasteiger partial charge in [-0.1, -0.05) is 51.4 Å². The largest absolute Gasteiger partial charge is 0.311 e. The fraction of sp³-hybridized carbons (Fsp3) is 0.409. The Labute approximate surface area is 178 Å². The molecule has 2 aromatic carbocycles. The number of sulfonamides is 1. The van der Waals surface area contributed by atoms with E-state index >= 15 is 0 Å². The van der Waals surface area contributed by atoms with Crippen LogP contribution >= 0.6 is 11.6 Å². The van der Waals surface area contributed by atoms with Gasteiger partial charge in [-0.3, -0.25) is 4.79 Å². The van der Waals surface area contributed by atoms with E-state index in [1.165, 1.54) is 0 Å². The summed E-state index contributed by atoms with van der Waals surface area (Å²) >= 11 is 5.88. The molecule has 7 heteroatoms. The number of carbonyl (C=O) groups excluding carboxylic acids is 1. The summed E-state index contributed by atoms with van der Waals surface area (Å²) in [4.78, 5) is 14.6. The Balaban J connectivity index is 1.79. The molecule has 5 nitrogen and oxygen atoms in total. The zero-order valence-electron chi connectivity index (χ0n) is 17.2. The molecule has 0 bridgehead atoms. The average Bonchev–Trinajstić information content (AvgIpc) is 2.93. The fourth-order valence-corrected chi connectivity index (χ4v) is 4.78. The SMILES string of the molecule is CC(C)C(=O)N1CC(C)(C)c2cc(S(=O)(=O)NCCc3ccc(Cl)cc3)ccc21. The molecule has 0 saturated carbocycles. The Morgan fingerprint density at radius 3 is 2.45 bits per heavy atom. The van der Waals surface area contributed by atoms with Gasteiger partial charge in [0.05, 0.1) is 4.90 Å². The van der Waals surface area contributed by atoms with Gasteiger partial charge >= 0.3 is 0 Å². The highest BCUT2D eigenvalue weighted by Crippen LogP contribution is 2.42. The van der Waals surface area contributed by atoms with Crippen molar-refractivity contribution in [2.24, 2.45) is 5.92 Å². The molecule has 0 radical (unpaired) electrons. The third-order valence-electron chi connectivity index (χ3n) is 5.23. The number of nitrogens with zero attached hydrogens (tertiary/aromatic N) is 1. The molecule has 0 saturated heterocycles. The van der Waals surface area contributed by atoms with Gasteiger partial charge in [0.2, 0.25) is 15.9 Å². The Hall–Kier alpha value is -1.89. The lowest BCUT2D eigenvalue weighted by Gasteiger charge is -2.22. The van der Waals surface area contributed by atoms with Crippen molar-refractivity contribution in [2.45, 2.75) is 44.4 Å². The molecule has 1 N–H and O–H groups in total. The maximum Gasteiger partial charge on any atom is 0.240 e. The molecule has 156 valence electrons. The Kier molecular flexibility index (Phi) is 6.08. The van der Waals surface area contributed by atoms with Crippen molar-refractivity contribution < 1.29 is 13.2 Å². The van der Waals surface area contributed by atoms with E-state index in [2.05, 4.69) is 4.72 Å². The van der Waals surface area contributed by atoms with Crippen LogP contribution in [0.2, 0.25) is 5.02 Å². The van der Waals surface area contributed by atoms with E-state index in [1.807, 2.05) is 39.8 Å². The van der Waals surface area contributed by atoms with Crippen LogP contribution in [0.15, 0.2) is 47.4 Å². The number of benzene rings is 2. The van der Waals surface area contributed by atoms with Crippen molar-refractivity contribution in [3.63, 3.8) is 0 Å². The maximum atomic E-state index is 12.8. The van der Waals surface area contributed by atoms with Crippen LogP contribution in [0.25, 0.3) is 0 Å². The van der Waals surface area contributed by atoms with Crippen LogP contribution < -0.4 is 9.62 Å². The van der Waals surface area contributed by atoms with Gasteiger partial charge in [0.15, 0.2) is 0 Å². The molecule has 2 aromatic rings. The molecule has 0 aliphatic carbocycles. The normalized spacial score (nSPS) is 15.6. The average molecular weight is 435 g/mol. The predicted molar refractivity (Wildman–Crippen MR) is 117 cm³/mol. The van der Waals surface area contributed by atoms with Crippen LogP contribution in [0.5, 0.6) is 0 Å². The Morgan fingerprint density at radius 2 is 1.83 bits per heavy atom. The molecule has 29 heavy (non-hydrogen) atoms. The molecule has 1 heterocycles. The van der Waals surface area contributed by atoms with Crippen LogP contribution in [0.3, 0.4) is 0 Å². The van der Waals surface area contributed by atoms with Crippen molar-refractivity contribution in [3.05, 3.63) is 58.6 Å². The zero-order valence-corrected chi connectivity index (χ0v) is 18.8. The molecule has 0 fully saturated rings. The van der Waals surface area contributed by atoms with Crippen LogP contribution in [-0.4, -0.2) is 27.4 Å². The first kappa shape index (κ1) is 21.8. The molecule has 3 rings (SSSR count). The number of fused-ring (bicyclic) bond motifs is 1. The van der Waals surface area contributed by atoms with Crippen molar-refractivity contribution in [2.75, 3.05) is 18.0 Å². The first-order chi connectivity index (χ1) is 13.5. The first-order valence-corrected chi connectivity index (χ1v) is 11.6. The Bertz CT molecular complexity index is 1010. The molecular formula is C22H27ClN2O3S. The standard InChI is InChI=1S/C22H27ClN2O3S/c1-15(2)21(26)25-14-22(3,4)19-13-18(9-10-20(19)25)29(27,28)24-12-11-16-5-7-17(23)8-6-16/h5-10,13,15,24H,11-12,14H2,1-4H3. The van der Waals surface area contributed by atoms with Crippen LogP contribution in [-0.2, 0) is 26.7 Å². The second kappa shape index (κ2) is 8.09. The van der Waals surface area contributed by atoms with Crippen LogP contribution in [0, 0.1) is 5.92 Å². The van der Waals surface area contributed by atoms with E-state index in [4.69, 9.17) is 11.6 Å². The van der Waals surface area contributed by atoms with Gasteiger partial charge in [-0.05, 0) is 47.9 Å². The second-order valence-electron chi connectivity index (χ2n) is 8.42. The summed E-state index contributed by atoms with van der Waals surface area (Å²) in [6.45, 7) is 8.65. The summed E-state index contributed by atoms with van der Waals surface area (Å²) in [5.74, 6) is -0.0665. The van der Waals surface area contributed by atoms with E-state index < -0.39 is 10.0 Å². The summed E-state index contributed by atoms with van der Waals surface area (Å²) < 4.78 is 28.3. The van der Waals surface area contributed by atoms with Gasteiger partial charge in [-0.15, -0.1) is 0 Å². The zero-order chi connectivity index (χ0) is 21.4. The number of halogens is 1. The molecule has 1 aliphatic rings. The molecule has 0 aromatic heterocycles. The van der Waals surface area contributed by atoms with E-state index in [-0.39, 0.29) is 22.1 Å². The smallest absolute Gasteiger partial charge is 0.240 e. The van der Waals surface area contributed by atoms with Crippen molar-refractivity contribution in [3.8, 4) is 0 Å². The Morgan fingerprint density at radius 1 is 1.17 bits per heavy atom. The number of amides is 1. The summed E-state index contributed by atoms with van der Waals surface area (Å²) in [7, 11) is -3.64. The molecule has 0 spiro atoms. The number of hydrogen-bond acceptors (Lipinski definition) is 3. The first-order valence-electron chi connectivity index (χ1n) is 9.71. The monoisotopic (exact) mass is 434 g/mol. The molecular weight excluding hydrogens is 408 g/mol. The van der Waals surface area contributed by atoms with E-state index in [0.717, 1.165) is 16.8 Å². The number of rotatable bonds is 6. The number of carbonyl (C=O) groups is 1. The van der Waals surface area contributed by atoms with E-state index in [9.17, 15) is 13.2 Å². The third-order valence-corrected chi connectivity index (χ3v) is 6.94. The highest BCUT2D eigenvalue weighted by Gasteiger charge is 2.39. The van der Waals surface area contributed by atoms with E-state index in [1.54, 1.807) is 35.2 Å².